The van der Waals surface area contributed by atoms with Gasteiger partial charge in [0.15, 0.2) is 0 Å². The maximum absolute atomic E-state index is 5.94. The minimum Gasteiger partial charge on any atom is -0.328 e. The Labute approximate surface area is 106 Å². The van der Waals surface area contributed by atoms with Gasteiger partial charge in [-0.05, 0) is 75.9 Å². The fourth-order valence-corrected chi connectivity index (χ4v) is 2.52. The van der Waals surface area contributed by atoms with E-state index < -0.39 is 0 Å². The van der Waals surface area contributed by atoms with Gasteiger partial charge in [0.2, 0.25) is 0 Å². The summed E-state index contributed by atoms with van der Waals surface area (Å²) in [5, 5.41) is 3.41. The topological polar surface area (TPSA) is 38.0 Å². The third-order valence-electron chi connectivity index (χ3n) is 3.73. The highest BCUT2D eigenvalue weighted by Gasteiger charge is 2.18. The maximum atomic E-state index is 5.94. The number of hydrogen-bond donors (Lipinski definition) is 2. The minimum absolute atomic E-state index is 0.215. The predicted molar refractivity (Wildman–Crippen MR) is 75.5 cm³/mol. The Hall–Kier alpha value is -0.860. The van der Waals surface area contributed by atoms with Crippen LogP contribution in [0.2, 0.25) is 0 Å². The minimum atomic E-state index is 0.215. The van der Waals surface area contributed by atoms with E-state index in [0.29, 0.717) is 6.04 Å². The van der Waals surface area contributed by atoms with Crippen LogP contribution in [0.1, 0.15) is 47.2 Å². The average molecular weight is 234 g/mol. The molecule has 1 aromatic carbocycles. The molecule has 2 unspecified atom stereocenters. The number of hydrogen-bond acceptors (Lipinski definition) is 2. The molecular formula is C15H26N2. The van der Waals surface area contributed by atoms with E-state index in [-0.39, 0.29) is 6.04 Å². The third kappa shape index (κ3) is 3.08. The molecular weight excluding hydrogens is 208 g/mol. The molecule has 3 N–H and O–H groups in total. The Morgan fingerprint density at radius 3 is 1.94 bits per heavy atom. The van der Waals surface area contributed by atoms with E-state index in [1.54, 1.807) is 0 Å². The molecule has 0 aromatic heterocycles. The van der Waals surface area contributed by atoms with E-state index >= 15 is 0 Å². The van der Waals surface area contributed by atoms with Gasteiger partial charge >= 0.3 is 0 Å². The Kier molecular flexibility index (Phi) is 4.72. The number of aryl methyl sites for hydroxylation is 2. The molecule has 0 aliphatic heterocycles. The van der Waals surface area contributed by atoms with E-state index in [1.807, 2.05) is 7.05 Å². The molecule has 0 amide bonds. The van der Waals surface area contributed by atoms with Crippen LogP contribution >= 0.6 is 0 Å². The lowest BCUT2D eigenvalue weighted by atomic mass is 9.87. The van der Waals surface area contributed by atoms with Gasteiger partial charge in [-0.15, -0.1) is 0 Å². The molecule has 0 saturated heterocycles. The SMILES string of the molecule is CNC(CC(C)N)c1c(C)c(C)cc(C)c1C. The molecule has 0 spiro atoms. The van der Waals surface area contributed by atoms with Crippen molar-refractivity contribution in [3.8, 4) is 0 Å². The van der Waals surface area contributed by atoms with Crippen molar-refractivity contribution in [1.82, 2.24) is 5.32 Å². The predicted octanol–water partition coefficient (Wildman–Crippen LogP) is 2.92. The highest BCUT2D eigenvalue weighted by Crippen LogP contribution is 2.29. The van der Waals surface area contributed by atoms with Gasteiger partial charge in [-0.1, -0.05) is 6.07 Å². The normalized spacial score (nSPS) is 14.8. The van der Waals surface area contributed by atoms with Gasteiger partial charge in [0.25, 0.3) is 0 Å². The molecule has 0 heterocycles. The first-order valence-corrected chi connectivity index (χ1v) is 6.38. The zero-order valence-electron chi connectivity index (χ0n) is 12.0. The lowest BCUT2D eigenvalue weighted by Gasteiger charge is -2.25. The van der Waals surface area contributed by atoms with Crippen LogP contribution in [0, 0.1) is 27.7 Å². The van der Waals surface area contributed by atoms with Crippen molar-refractivity contribution < 1.29 is 0 Å². The number of nitrogens with one attached hydrogen (secondary N) is 1. The Balaban J connectivity index is 3.27. The van der Waals surface area contributed by atoms with Crippen LogP contribution < -0.4 is 11.1 Å². The standard InChI is InChI=1S/C15H26N2/c1-9-7-10(2)13(5)15(12(9)4)14(17-6)8-11(3)16/h7,11,14,17H,8,16H2,1-6H3. The van der Waals surface area contributed by atoms with Crippen molar-refractivity contribution in [1.29, 1.82) is 0 Å². The van der Waals surface area contributed by atoms with Crippen LogP contribution in [0.25, 0.3) is 0 Å². The number of benzene rings is 1. The molecule has 2 nitrogen and oxygen atoms in total. The van der Waals surface area contributed by atoms with Gasteiger partial charge in [-0.25, -0.2) is 0 Å². The first-order valence-electron chi connectivity index (χ1n) is 6.38. The van der Waals surface area contributed by atoms with Crippen molar-refractivity contribution in [2.24, 2.45) is 5.73 Å². The Morgan fingerprint density at radius 2 is 1.59 bits per heavy atom. The first-order chi connectivity index (χ1) is 7.88. The average Bonchev–Trinajstić information content (AvgIpc) is 2.24. The molecule has 1 rings (SSSR count). The van der Waals surface area contributed by atoms with E-state index in [1.165, 1.54) is 27.8 Å². The molecule has 17 heavy (non-hydrogen) atoms. The fourth-order valence-electron chi connectivity index (χ4n) is 2.52. The monoisotopic (exact) mass is 234 g/mol. The fraction of sp³-hybridized carbons (Fsp3) is 0.600. The van der Waals surface area contributed by atoms with Gasteiger partial charge in [-0.2, -0.15) is 0 Å². The van der Waals surface area contributed by atoms with Crippen molar-refractivity contribution in [2.45, 2.75) is 53.1 Å². The first kappa shape index (κ1) is 14.2. The van der Waals surface area contributed by atoms with Crippen molar-refractivity contribution in [3.63, 3.8) is 0 Å². The van der Waals surface area contributed by atoms with Gasteiger partial charge in [0.1, 0.15) is 0 Å². The highest BCUT2D eigenvalue weighted by molar-refractivity contribution is 5.45. The maximum Gasteiger partial charge on any atom is 0.0337 e. The molecule has 1 aromatic rings. The summed E-state index contributed by atoms with van der Waals surface area (Å²) >= 11 is 0. The summed E-state index contributed by atoms with van der Waals surface area (Å²) in [6.07, 6.45) is 0.973. The van der Waals surface area contributed by atoms with Crippen molar-refractivity contribution in [3.05, 3.63) is 33.9 Å². The lowest BCUT2D eigenvalue weighted by Crippen LogP contribution is -2.27. The molecule has 2 atom stereocenters. The van der Waals surface area contributed by atoms with Crippen LogP contribution in [0.15, 0.2) is 6.07 Å². The highest BCUT2D eigenvalue weighted by atomic mass is 14.9. The molecule has 0 aliphatic carbocycles. The largest absolute Gasteiger partial charge is 0.328 e. The quantitative estimate of drug-likeness (QED) is 0.840. The summed E-state index contributed by atoms with van der Waals surface area (Å²) in [6, 6.07) is 2.84. The Morgan fingerprint density at radius 1 is 1.12 bits per heavy atom. The molecule has 0 aliphatic rings. The van der Waals surface area contributed by atoms with Gasteiger partial charge in [0.05, 0.1) is 0 Å². The number of rotatable bonds is 4. The van der Waals surface area contributed by atoms with Crippen LogP contribution in [0.3, 0.4) is 0 Å². The molecule has 96 valence electrons. The van der Waals surface area contributed by atoms with Crippen LogP contribution in [0.4, 0.5) is 0 Å². The van der Waals surface area contributed by atoms with Crippen molar-refractivity contribution >= 4 is 0 Å². The van der Waals surface area contributed by atoms with Crippen LogP contribution in [-0.2, 0) is 0 Å². The zero-order valence-corrected chi connectivity index (χ0v) is 12.0. The van der Waals surface area contributed by atoms with Crippen LogP contribution in [0.5, 0.6) is 0 Å². The van der Waals surface area contributed by atoms with E-state index in [4.69, 9.17) is 5.73 Å². The summed E-state index contributed by atoms with van der Waals surface area (Å²) in [6.45, 7) is 10.9. The molecule has 0 bridgehead atoms. The second kappa shape index (κ2) is 5.65. The second-order valence-corrected chi connectivity index (χ2v) is 5.23. The zero-order chi connectivity index (χ0) is 13.2. The number of nitrogens with two attached hydrogens (primary N) is 1. The lowest BCUT2D eigenvalue weighted by molar-refractivity contribution is 0.495. The summed E-state index contributed by atoms with van der Waals surface area (Å²) < 4.78 is 0. The second-order valence-electron chi connectivity index (χ2n) is 5.23. The van der Waals surface area contributed by atoms with E-state index in [0.717, 1.165) is 6.42 Å². The molecule has 0 fully saturated rings. The molecule has 0 radical (unpaired) electrons. The van der Waals surface area contributed by atoms with E-state index in [2.05, 4.69) is 46.0 Å². The summed E-state index contributed by atoms with van der Waals surface area (Å²) in [5.74, 6) is 0. The smallest absolute Gasteiger partial charge is 0.0337 e. The van der Waals surface area contributed by atoms with Gasteiger partial charge < -0.3 is 11.1 Å². The van der Waals surface area contributed by atoms with Gasteiger partial charge in [0, 0.05) is 12.1 Å². The Bertz CT molecular complexity index is 368. The summed E-state index contributed by atoms with van der Waals surface area (Å²) in [5.41, 5.74) is 12.9. The summed E-state index contributed by atoms with van der Waals surface area (Å²) in [4.78, 5) is 0. The third-order valence-corrected chi connectivity index (χ3v) is 3.73. The van der Waals surface area contributed by atoms with Crippen molar-refractivity contribution in [2.75, 3.05) is 7.05 Å². The van der Waals surface area contributed by atoms with Crippen LogP contribution in [-0.4, -0.2) is 13.1 Å². The molecule has 2 heteroatoms. The molecule has 0 saturated carbocycles. The van der Waals surface area contributed by atoms with Gasteiger partial charge in [-0.3, -0.25) is 0 Å². The summed E-state index contributed by atoms with van der Waals surface area (Å²) in [7, 11) is 2.02. The van der Waals surface area contributed by atoms with E-state index in [9.17, 15) is 0 Å².